The summed E-state index contributed by atoms with van der Waals surface area (Å²) in [4.78, 5) is 24.1. The highest BCUT2D eigenvalue weighted by Gasteiger charge is 2.42. The molecule has 182 valence electrons. The first-order valence-corrected chi connectivity index (χ1v) is 11.6. The Bertz CT molecular complexity index is 910. The van der Waals surface area contributed by atoms with Crippen LogP contribution in [0.4, 0.5) is 4.79 Å². The van der Waals surface area contributed by atoms with Crippen molar-refractivity contribution in [2.45, 2.75) is 96.1 Å². The normalized spacial score (nSPS) is 24.1. The topological polar surface area (TPSA) is 110 Å². The molecule has 0 aromatic heterocycles. The van der Waals surface area contributed by atoms with Gasteiger partial charge in [0, 0.05) is 24.8 Å². The monoisotopic (exact) mass is 459 g/mol. The van der Waals surface area contributed by atoms with Gasteiger partial charge in [-0.05, 0) is 90.5 Å². The van der Waals surface area contributed by atoms with Gasteiger partial charge in [-0.3, -0.25) is 10.2 Å². The molecule has 0 radical (unpaired) electrons. The molecular weight excluding hydrogens is 422 g/mol. The van der Waals surface area contributed by atoms with E-state index in [-0.39, 0.29) is 24.0 Å². The van der Waals surface area contributed by atoms with Crippen molar-refractivity contribution in [3.8, 4) is 5.75 Å². The summed E-state index contributed by atoms with van der Waals surface area (Å²) >= 11 is 0. The van der Waals surface area contributed by atoms with Crippen molar-refractivity contribution in [2.75, 3.05) is 7.11 Å². The van der Waals surface area contributed by atoms with Crippen molar-refractivity contribution in [3.63, 3.8) is 0 Å². The third-order valence-electron chi connectivity index (χ3n) is 6.53. The highest BCUT2D eigenvalue weighted by molar-refractivity contribution is 5.97. The zero-order chi connectivity index (χ0) is 24.4. The molecule has 3 N–H and O–H groups in total. The number of Topliss-reactive ketones (excluding diaryl/α,β-unsaturated/α-hetero) is 1. The average molecular weight is 460 g/mol. The van der Waals surface area contributed by atoms with Gasteiger partial charge in [0.1, 0.15) is 23.3 Å². The SMILES string of the molecule is CO[C@](C)(C(C)=O)[C@H]1CCc2cc(C(=N)N[C@H]3CC[C@H](NC(=O)OC(C)(C)C)C3)ccc2O1. The number of ether oxygens (including phenoxy) is 3. The minimum atomic E-state index is -0.975. The maximum atomic E-state index is 12.1. The molecule has 1 aromatic carbocycles. The third kappa shape index (κ3) is 6.05. The Hall–Kier alpha value is -2.61. The summed E-state index contributed by atoms with van der Waals surface area (Å²) in [5, 5.41) is 14.8. The largest absolute Gasteiger partial charge is 0.487 e. The molecule has 1 heterocycles. The number of amides is 1. The van der Waals surface area contributed by atoms with Crippen LogP contribution in [0, 0.1) is 5.41 Å². The Balaban J connectivity index is 1.56. The molecule has 33 heavy (non-hydrogen) atoms. The van der Waals surface area contributed by atoms with Gasteiger partial charge in [0.15, 0.2) is 11.4 Å². The molecule has 0 bridgehead atoms. The second kappa shape index (κ2) is 9.71. The van der Waals surface area contributed by atoms with Gasteiger partial charge in [-0.25, -0.2) is 4.79 Å². The number of nitrogens with one attached hydrogen (secondary N) is 3. The van der Waals surface area contributed by atoms with Crippen molar-refractivity contribution in [2.24, 2.45) is 0 Å². The van der Waals surface area contributed by atoms with Crippen LogP contribution < -0.4 is 15.4 Å². The molecule has 4 atom stereocenters. The minimum Gasteiger partial charge on any atom is -0.487 e. The number of ketones is 1. The standard InChI is InChI=1S/C25H37N3O5/c1-15(29)25(5,31-6)21-12-8-16-13-17(7-11-20(16)32-21)22(26)27-18-9-10-19(14-18)28-23(30)33-24(2,3)4/h7,11,13,18-19,21H,8-10,12,14H2,1-6H3,(H2,26,27)(H,28,30)/t18-,19-,21+,25+/m0/s1. The predicted octanol–water partition coefficient (Wildman–Crippen LogP) is 3.74. The van der Waals surface area contributed by atoms with E-state index in [1.54, 1.807) is 6.92 Å². The number of aryl methyl sites for hydroxylation is 1. The number of carbonyl (C=O) groups is 2. The lowest BCUT2D eigenvalue weighted by Gasteiger charge is -2.37. The Morgan fingerprint density at radius 3 is 2.36 bits per heavy atom. The average Bonchev–Trinajstić information content (AvgIpc) is 3.17. The fraction of sp³-hybridized carbons (Fsp3) is 0.640. The van der Waals surface area contributed by atoms with Crippen LogP contribution in [0.2, 0.25) is 0 Å². The van der Waals surface area contributed by atoms with Crippen LogP contribution in [0.15, 0.2) is 18.2 Å². The Morgan fingerprint density at radius 1 is 1.09 bits per heavy atom. The van der Waals surface area contributed by atoms with Gasteiger partial charge < -0.3 is 24.8 Å². The highest BCUT2D eigenvalue weighted by Crippen LogP contribution is 2.34. The molecule has 8 nitrogen and oxygen atoms in total. The van der Waals surface area contributed by atoms with Crippen LogP contribution in [0.25, 0.3) is 0 Å². The fourth-order valence-corrected chi connectivity index (χ4v) is 4.44. The summed E-state index contributed by atoms with van der Waals surface area (Å²) in [5.41, 5.74) is 0.317. The van der Waals surface area contributed by atoms with E-state index in [2.05, 4.69) is 10.6 Å². The highest BCUT2D eigenvalue weighted by atomic mass is 16.6. The lowest BCUT2D eigenvalue weighted by atomic mass is 9.87. The molecule has 1 aliphatic heterocycles. The Kier molecular flexibility index (Phi) is 7.36. The molecule has 1 amide bonds. The molecule has 0 saturated heterocycles. The first-order valence-electron chi connectivity index (χ1n) is 11.6. The van der Waals surface area contributed by atoms with E-state index in [0.29, 0.717) is 12.3 Å². The number of methoxy groups -OCH3 is 1. The van der Waals surface area contributed by atoms with Crippen molar-refractivity contribution < 1.29 is 23.8 Å². The number of rotatable bonds is 6. The number of hydrogen-bond donors (Lipinski definition) is 3. The van der Waals surface area contributed by atoms with Gasteiger partial charge in [-0.2, -0.15) is 0 Å². The second-order valence-electron chi connectivity index (χ2n) is 10.2. The number of alkyl carbamates (subject to hydrolysis) is 1. The molecule has 1 aromatic rings. The lowest BCUT2D eigenvalue weighted by Crippen LogP contribution is -2.51. The molecule has 8 heteroatoms. The van der Waals surface area contributed by atoms with Crippen molar-refractivity contribution in [1.29, 1.82) is 5.41 Å². The summed E-state index contributed by atoms with van der Waals surface area (Å²) < 4.78 is 16.9. The summed E-state index contributed by atoms with van der Waals surface area (Å²) in [5.74, 6) is 1.03. The first-order chi connectivity index (χ1) is 15.4. The summed E-state index contributed by atoms with van der Waals surface area (Å²) in [6, 6.07) is 5.86. The summed E-state index contributed by atoms with van der Waals surface area (Å²) in [7, 11) is 1.53. The van der Waals surface area contributed by atoms with E-state index in [9.17, 15) is 9.59 Å². The van der Waals surface area contributed by atoms with E-state index >= 15 is 0 Å². The van der Waals surface area contributed by atoms with Gasteiger partial charge in [-0.15, -0.1) is 0 Å². The number of amidine groups is 1. The molecular formula is C25H37N3O5. The zero-order valence-electron chi connectivity index (χ0n) is 20.5. The number of carbonyl (C=O) groups excluding carboxylic acids is 2. The van der Waals surface area contributed by atoms with Gasteiger partial charge in [0.05, 0.1) is 0 Å². The maximum Gasteiger partial charge on any atom is 0.407 e. The van der Waals surface area contributed by atoms with E-state index in [0.717, 1.165) is 42.6 Å². The van der Waals surface area contributed by atoms with Crippen LogP contribution in [0.3, 0.4) is 0 Å². The fourth-order valence-electron chi connectivity index (χ4n) is 4.44. The molecule has 0 unspecified atom stereocenters. The number of benzene rings is 1. The minimum absolute atomic E-state index is 0.0374. The van der Waals surface area contributed by atoms with Crippen molar-refractivity contribution in [1.82, 2.24) is 10.6 Å². The van der Waals surface area contributed by atoms with Crippen LogP contribution >= 0.6 is 0 Å². The smallest absolute Gasteiger partial charge is 0.407 e. The van der Waals surface area contributed by atoms with Crippen LogP contribution in [0.1, 0.15) is 71.4 Å². The van der Waals surface area contributed by atoms with E-state index in [4.69, 9.17) is 19.6 Å². The van der Waals surface area contributed by atoms with Crippen molar-refractivity contribution >= 4 is 17.7 Å². The number of hydrogen-bond acceptors (Lipinski definition) is 6. The zero-order valence-corrected chi connectivity index (χ0v) is 20.5. The molecule has 2 aliphatic rings. The molecule has 1 aliphatic carbocycles. The van der Waals surface area contributed by atoms with Gasteiger partial charge >= 0.3 is 6.09 Å². The van der Waals surface area contributed by atoms with Gasteiger partial charge in [0.2, 0.25) is 0 Å². The van der Waals surface area contributed by atoms with Gasteiger partial charge in [-0.1, -0.05) is 0 Å². The Labute approximate surface area is 196 Å². The van der Waals surface area contributed by atoms with Gasteiger partial charge in [0.25, 0.3) is 0 Å². The molecule has 1 saturated carbocycles. The molecule has 3 rings (SSSR count). The molecule has 1 fully saturated rings. The maximum absolute atomic E-state index is 12.1. The van der Waals surface area contributed by atoms with Crippen LogP contribution in [0.5, 0.6) is 5.75 Å². The van der Waals surface area contributed by atoms with Crippen LogP contribution in [-0.2, 0) is 20.7 Å². The summed E-state index contributed by atoms with van der Waals surface area (Å²) in [6.07, 6.45) is 3.14. The van der Waals surface area contributed by atoms with E-state index in [1.165, 1.54) is 14.0 Å². The Morgan fingerprint density at radius 2 is 1.76 bits per heavy atom. The predicted molar refractivity (Wildman–Crippen MR) is 126 cm³/mol. The van der Waals surface area contributed by atoms with E-state index < -0.39 is 17.3 Å². The summed E-state index contributed by atoms with van der Waals surface area (Å²) in [6.45, 7) is 8.82. The number of fused-ring (bicyclic) bond motifs is 1. The van der Waals surface area contributed by atoms with Crippen molar-refractivity contribution in [3.05, 3.63) is 29.3 Å². The second-order valence-corrected chi connectivity index (χ2v) is 10.2. The first kappa shape index (κ1) is 25.0. The lowest BCUT2D eigenvalue weighted by molar-refractivity contribution is -0.149. The van der Waals surface area contributed by atoms with E-state index in [1.807, 2.05) is 39.0 Å². The quantitative estimate of drug-likeness (QED) is 0.442. The molecule has 0 spiro atoms. The van der Waals surface area contributed by atoms with Crippen LogP contribution in [-0.4, -0.2) is 54.2 Å². The third-order valence-corrected chi connectivity index (χ3v) is 6.53.